The lowest BCUT2D eigenvalue weighted by atomic mass is 10.0. The van der Waals surface area contributed by atoms with E-state index in [0.29, 0.717) is 6.42 Å². The predicted molar refractivity (Wildman–Crippen MR) is 87.2 cm³/mol. The van der Waals surface area contributed by atoms with Gasteiger partial charge in [-0.1, -0.05) is 18.2 Å². The number of rotatable bonds is 6. The summed E-state index contributed by atoms with van der Waals surface area (Å²) < 4.78 is 18.9. The molecule has 21 heavy (non-hydrogen) atoms. The molecule has 1 aliphatic heterocycles. The Morgan fingerprint density at radius 3 is 2.52 bits per heavy atom. The molecule has 1 aromatic carbocycles. The van der Waals surface area contributed by atoms with Crippen LogP contribution in [0, 0.1) is 0 Å². The van der Waals surface area contributed by atoms with Crippen molar-refractivity contribution >= 4 is 12.4 Å². The van der Waals surface area contributed by atoms with Gasteiger partial charge < -0.3 is 10.1 Å². The van der Waals surface area contributed by atoms with E-state index in [4.69, 9.17) is 4.74 Å². The van der Waals surface area contributed by atoms with Crippen LogP contribution in [0.15, 0.2) is 24.3 Å². The zero-order chi connectivity index (χ0) is 14.4. The summed E-state index contributed by atoms with van der Waals surface area (Å²) in [7, 11) is 0. The Morgan fingerprint density at radius 1 is 1.24 bits per heavy atom. The maximum Gasteiger partial charge on any atom is 0.124 e. The van der Waals surface area contributed by atoms with Crippen LogP contribution in [-0.2, 0) is 0 Å². The SMILES string of the molecule is CC(C)Oc1ccccc1[C@H](CCF)N1CCNCC1.Cl. The second kappa shape index (κ2) is 9.23. The van der Waals surface area contributed by atoms with Crippen LogP contribution in [0.4, 0.5) is 4.39 Å². The molecule has 0 radical (unpaired) electrons. The first kappa shape index (κ1) is 18.2. The fourth-order valence-corrected chi connectivity index (χ4v) is 2.75. The molecule has 1 atom stereocenters. The van der Waals surface area contributed by atoms with Gasteiger partial charge in [0.2, 0.25) is 0 Å². The summed E-state index contributed by atoms with van der Waals surface area (Å²) >= 11 is 0. The Balaban J connectivity index is 0.00000220. The summed E-state index contributed by atoms with van der Waals surface area (Å²) in [4.78, 5) is 2.36. The third-order valence-corrected chi connectivity index (χ3v) is 3.62. The van der Waals surface area contributed by atoms with E-state index in [2.05, 4.69) is 16.3 Å². The molecular weight excluding hydrogens is 291 g/mol. The van der Waals surface area contributed by atoms with Gasteiger partial charge in [0.25, 0.3) is 0 Å². The Kier molecular flexibility index (Phi) is 8.01. The quantitative estimate of drug-likeness (QED) is 0.872. The van der Waals surface area contributed by atoms with Gasteiger partial charge in [0.05, 0.1) is 12.8 Å². The minimum absolute atomic E-state index is 0. The summed E-state index contributed by atoms with van der Waals surface area (Å²) in [6.07, 6.45) is 0.656. The molecule has 0 spiro atoms. The standard InChI is InChI=1S/C16H25FN2O.ClH/c1-13(2)20-16-6-4-3-5-14(16)15(7-8-17)19-11-9-18-10-12-19;/h3-6,13,15,18H,7-12H2,1-2H3;1H/t15-;/m0./s1. The average molecular weight is 317 g/mol. The van der Waals surface area contributed by atoms with Gasteiger partial charge in [-0.3, -0.25) is 9.29 Å². The van der Waals surface area contributed by atoms with Crippen LogP contribution in [0.3, 0.4) is 0 Å². The van der Waals surface area contributed by atoms with E-state index >= 15 is 0 Å². The molecule has 0 aliphatic carbocycles. The lowest BCUT2D eigenvalue weighted by Crippen LogP contribution is -2.45. The Hall–Kier alpha value is -0.840. The maximum absolute atomic E-state index is 13.0. The van der Waals surface area contributed by atoms with E-state index in [-0.39, 0.29) is 31.2 Å². The molecule has 1 heterocycles. The van der Waals surface area contributed by atoms with E-state index in [1.807, 2.05) is 32.0 Å². The molecule has 0 bridgehead atoms. The van der Waals surface area contributed by atoms with Crippen LogP contribution >= 0.6 is 12.4 Å². The Labute approximate surface area is 133 Å². The van der Waals surface area contributed by atoms with E-state index in [1.165, 1.54) is 0 Å². The smallest absolute Gasteiger partial charge is 0.124 e. The van der Waals surface area contributed by atoms with Crippen molar-refractivity contribution in [3.05, 3.63) is 29.8 Å². The highest BCUT2D eigenvalue weighted by Crippen LogP contribution is 2.32. The Bertz CT molecular complexity index is 411. The molecule has 1 saturated heterocycles. The minimum atomic E-state index is -0.301. The average Bonchev–Trinajstić information content (AvgIpc) is 2.46. The normalized spacial score (nSPS) is 17.3. The Morgan fingerprint density at radius 2 is 1.90 bits per heavy atom. The highest BCUT2D eigenvalue weighted by molar-refractivity contribution is 5.85. The number of halogens is 2. The summed E-state index contributed by atoms with van der Waals surface area (Å²) in [6.45, 7) is 7.59. The number of alkyl halides is 1. The van der Waals surface area contributed by atoms with Gasteiger partial charge in [-0.2, -0.15) is 0 Å². The molecule has 3 nitrogen and oxygen atoms in total. The van der Waals surface area contributed by atoms with Crippen LogP contribution in [0.1, 0.15) is 31.9 Å². The number of hydrogen-bond acceptors (Lipinski definition) is 3. The molecule has 0 aromatic heterocycles. The first-order chi connectivity index (χ1) is 9.72. The molecule has 5 heteroatoms. The highest BCUT2D eigenvalue weighted by atomic mass is 35.5. The van der Waals surface area contributed by atoms with Crippen LogP contribution < -0.4 is 10.1 Å². The van der Waals surface area contributed by atoms with Crippen LogP contribution in [0.25, 0.3) is 0 Å². The number of piperazine rings is 1. The van der Waals surface area contributed by atoms with Gasteiger partial charge >= 0.3 is 0 Å². The zero-order valence-electron chi connectivity index (χ0n) is 12.8. The van der Waals surface area contributed by atoms with Crippen LogP contribution in [0.5, 0.6) is 5.75 Å². The topological polar surface area (TPSA) is 24.5 Å². The molecule has 2 rings (SSSR count). The van der Waals surface area contributed by atoms with Crippen LogP contribution in [0.2, 0.25) is 0 Å². The van der Waals surface area contributed by atoms with Gasteiger partial charge in [0.1, 0.15) is 5.75 Å². The highest BCUT2D eigenvalue weighted by Gasteiger charge is 2.24. The number of nitrogens with one attached hydrogen (secondary N) is 1. The molecule has 1 N–H and O–H groups in total. The molecule has 120 valence electrons. The third kappa shape index (κ3) is 5.13. The summed E-state index contributed by atoms with van der Waals surface area (Å²) in [5.41, 5.74) is 1.11. The number of hydrogen-bond donors (Lipinski definition) is 1. The second-order valence-corrected chi connectivity index (χ2v) is 5.48. The van der Waals surface area contributed by atoms with Crippen molar-refractivity contribution in [3.63, 3.8) is 0 Å². The van der Waals surface area contributed by atoms with Gasteiger partial charge in [0.15, 0.2) is 0 Å². The van der Waals surface area contributed by atoms with Crippen molar-refractivity contribution < 1.29 is 9.13 Å². The van der Waals surface area contributed by atoms with Gasteiger partial charge in [-0.15, -0.1) is 12.4 Å². The van der Waals surface area contributed by atoms with E-state index in [1.54, 1.807) is 0 Å². The van der Waals surface area contributed by atoms with Gasteiger partial charge in [-0.05, 0) is 26.3 Å². The lowest BCUT2D eigenvalue weighted by molar-refractivity contribution is 0.150. The van der Waals surface area contributed by atoms with Gasteiger partial charge in [-0.25, -0.2) is 0 Å². The number of ether oxygens (including phenoxy) is 1. The number of benzene rings is 1. The van der Waals surface area contributed by atoms with Crippen molar-refractivity contribution in [1.82, 2.24) is 10.2 Å². The van der Waals surface area contributed by atoms with Crippen molar-refractivity contribution in [1.29, 1.82) is 0 Å². The first-order valence-electron chi connectivity index (χ1n) is 7.48. The lowest BCUT2D eigenvalue weighted by Gasteiger charge is -2.35. The summed E-state index contributed by atoms with van der Waals surface area (Å²) in [5.74, 6) is 0.888. The fourth-order valence-electron chi connectivity index (χ4n) is 2.75. The fraction of sp³-hybridized carbons (Fsp3) is 0.625. The third-order valence-electron chi connectivity index (χ3n) is 3.62. The molecular formula is C16H26ClFN2O. The summed E-state index contributed by atoms with van der Waals surface area (Å²) in [5, 5.41) is 3.34. The van der Waals surface area contributed by atoms with E-state index in [0.717, 1.165) is 37.5 Å². The van der Waals surface area contributed by atoms with Crippen molar-refractivity contribution in [3.8, 4) is 5.75 Å². The van der Waals surface area contributed by atoms with E-state index in [9.17, 15) is 4.39 Å². The molecule has 1 aromatic rings. The largest absolute Gasteiger partial charge is 0.491 e. The number of para-hydroxylation sites is 1. The minimum Gasteiger partial charge on any atom is -0.491 e. The van der Waals surface area contributed by atoms with Crippen molar-refractivity contribution in [2.45, 2.75) is 32.4 Å². The first-order valence-corrected chi connectivity index (χ1v) is 7.48. The predicted octanol–water partition coefficient (Wildman–Crippen LogP) is 3.20. The monoisotopic (exact) mass is 316 g/mol. The molecule has 1 fully saturated rings. The van der Waals surface area contributed by atoms with E-state index < -0.39 is 0 Å². The molecule has 0 amide bonds. The zero-order valence-corrected chi connectivity index (χ0v) is 13.7. The molecule has 0 unspecified atom stereocenters. The van der Waals surface area contributed by atoms with Crippen molar-refractivity contribution in [2.24, 2.45) is 0 Å². The molecule has 0 saturated carbocycles. The van der Waals surface area contributed by atoms with Gasteiger partial charge in [0, 0.05) is 37.8 Å². The second-order valence-electron chi connectivity index (χ2n) is 5.48. The maximum atomic E-state index is 13.0. The number of nitrogens with zero attached hydrogens (tertiary/aromatic N) is 1. The van der Waals surface area contributed by atoms with Crippen molar-refractivity contribution in [2.75, 3.05) is 32.9 Å². The van der Waals surface area contributed by atoms with Crippen LogP contribution in [-0.4, -0.2) is 43.9 Å². The summed E-state index contributed by atoms with van der Waals surface area (Å²) in [6, 6.07) is 8.15. The molecule has 1 aliphatic rings.